The van der Waals surface area contributed by atoms with Crippen molar-refractivity contribution < 1.29 is 4.42 Å². The molecule has 0 spiro atoms. The first-order valence-corrected chi connectivity index (χ1v) is 16.7. The summed E-state index contributed by atoms with van der Waals surface area (Å²) in [7, 11) is 0. The van der Waals surface area contributed by atoms with Gasteiger partial charge in [0.25, 0.3) is 0 Å². The van der Waals surface area contributed by atoms with Crippen molar-refractivity contribution in [2.45, 2.75) is 0 Å². The minimum absolute atomic E-state index is 0.579. The van der Waals surface area contributed by atoms with Crippen molar-refractivity contribution in [3.8, 4) is 51.0 Å². The number of rotatable bonds is 5. The van der Waals surface area contributed by atoms with E-state index in [2.05, 4.69) is 102 Å². The van der Waals surface area contributed by atoms with Crippen molar-refractivity contribution in [1.82, 2.24) is 19.5 Å². The van der Waals surface area contributed by atoms with E-state index < -0.39 is 0 Å². The summed E-state index contributed by atoms with van der Waals surface area (Å²) in [6, 6.07) is 58.5. The van der Waals surface area contributed by atoms with E-state index in [0.717, 1.165) is 60.9 Å². The zero-order chi connectivity index (χ0) is 33.0. The predicted octanol–water partition coefficient (Wildman–Crippen LogP) is 11.5. The van der Waals surface area contributed by atoms with Gasteiger partial charge in [0.2, 0.25) is 0 Å². The van der Waals surface area contributed by atoms with Crippen LogP contribution in [0.1, 0.15) is 0 Å². The van der Waals surface area contributed by atoms with E-state index in [1.54, 1.807) is 0 Å². The number of nitrogens with zero attached hydrogens (tertiary/aromatic N) is 4. The maximum Gasteiger partial charge on any atom is 0.166 e. The highest BCUT2D eigenvalue weighted by Crippen LogP contribution is 2.43. The molecule has 3 heterocycles. The molecule has 50 heavy (non-hydrogen) atoms. The van der Waals surface area contributed by atoms with Crippen molar-refractivity contribution in [1.29, 1.82) is 0 Å². The van der Waals surface area contributed by atoms with Gasteiger partial charge in [-0.15, -0.1) is 0 Å². The normalized spacial score (nSPS) is 11.6. The zero-order valence-corrected chi connectivity index (χ0v) is 26.9. The summed E-state index contributed by atoms with van der Waals surface area (Å²) in [6.45, 7) is 0. The Hall–Kier alpha value is -6.85. The number of fused-ring (bicyclic) bond motifs is 6. The highest BCUT2D eigenvalue weighted by molar-refractivity contribution is 6.16. The number of furan rings is 1. The number of hydrogen-bond donors (Lipinski definition) is 0. The smallest absolute Gasteiger partial charge is 0.166 e. The Labute approximate surface area is 287 Å². The molecule has 0 radical (unpaired) electrons. The lowest BCUT2D eigenvalue weighted by molar-refractivity contribution is 0.669. The van der Waals surface area contributed by atoms with Gasteiger partial charge in [0.05, 0.1) is 22.3 Å². The molecule has 0 bridgehead atoms. The monoisotopic (exact) mass is 640 g/mol. The van der Waals surface area contributed by atoms with Crippen LogP contribution >= 0.6 is 0 Å². The van der Waals surface area contributed by atoms with Crippen LogP contribution in [0.4, 0.5) is 0 Å². The summed E-state index contributed by atoms with van der Waals surface area (Å²) in [6.07, 6.45) is 0. The lowest BCUT2D eigenvalue weighted by Gasteiger charge is -2.16. The Morgan fingerprint density at radius 1 is 0.380 bits per heavy atom. The summed E-state index contributed by atoms with van der Waals surface area (Å²) in [5, 5.41) is 4.32. The second-order valence-electron chi connectivity index (χ2n) is 12.4. The fourth-order valence-corrected chi connectivity index (χ4v) is 7.18. The molecule has 7 aromatic carbocycles. The number of benzene rings is 7. The second kappa shape index (κ2) is 11.4. The fourth-order valence-electron chi connectivity index (χ4n) is 7.18. The molecule has 10 rings (SSSR count). The van der Waals surface area contributed by atoms with Crippen molar-refractivity contribution in [3.05, 3.63) is 170 Å². The van der Waals surface area contributed by atoms with E-state index in [0.29, 0.717) is 17.5 Å². The molecule has 0 aliphatic carbocycles. The van der Waals surface area contributed by atoms with Gasteiger partial charge in [-0.1, -0.05) is 140 Å². The summed E-state index contributed by atoms with van der Waals surface area (Å²) in [5.74, 6) is 1.80. The maximum atomic E-state index is 6.49. The van der Waals surface area contributed by atoms with Gasteiger partial charge < -0.3 is 8.98 Å². The van der Waals surface area contributed by atoms with Crippen LogP contribution in [0.15, 0.2) is 174 Å². The topological polar surface area (TPSA) is 56.7 Å². The predicted molar refractivity (Wildman–Crippen MR) is 203 cm³/mol. The Morgan fingerprint density at radius 2 is 0.940 bits per heavy atom. The largest absolute Gasteiger partial charge is 0.456 e. The molecule has 0 unspecified atom stereocenters. The number of para-hydroxylation sites is 2. The lowest BCUT2D eigenvalue weighted by atomic mass is 10.0. The van der Waals surface area contributed by atoms with E-state index in [-0.39, 0.29) is 0 Å². The van der Waals surface area contributed by atoms with E-state index in [1.807, 2.05) is 72.8 Å². The molecular weight excluding hydrogens is 613 g/mol. The molecule has 5 nitrogen and oxygen atoms in total. The fraction of sp³-hybridized carbons (Fsp3) is 0. The molecule has 0 amide bonds. The van der Waals surface area contributed by atoms with Crippen molar-refractivity contribution in [3.63, 3.8) is 0 Å². The van der Waals surface area contributed by atoms with Gasteiger partial charge in [-0.2, -0.15) is 0 Å². The summed E-state index contributed by atoms with van der Waals surface area (Å²) < 4.78 is 8.85. The molecule has 3 aromatic heterocycles. The molecular formula is C45H28N4O. The van der Waals surface area contributed by atoms with Crippen LogP contribution in [0.5, 0.6) is 0 Å². The van der Waals surface area contributed by atoms with Crippen LogP contribution in [0.25, 0.3) is 94.7 Å². The van der Waals surface area contributed by atoms with Crippen LogP contribution in [-0.2, 0) is 0 Å². The van der Waals surface area contributed by atoms with Crippen molar-refractivity contribution in [2.24, 2.45) is 0 Å². The lowest BCUT2D eigenvalue weighted by Crippen LogP contribution is -2.04. The summed E-state index contributed by atoms with van der Waals surface area (Å²) >= 11 is 0. The molecule has 0 aliphatic rings. The van der Waals surface area contributed by atoms with Gasteiger partial charge in [0.1, 0.15) is 11.2 Å². The summed E-state index contributed by atoms with van der Waals surface area (Å²) in [4.78, 5) is 15.5. The van der Waals surface area contributed by atoms with Crippen molar-refractivity contribution in [2.75, 3.05) is 0 Å². The Kier molecular flexibility index (Phi) is 6.42. The molecule has 0 atom stereocenters. The van der Waals surface area contributed by atoms with Gasteiger partial charge in [0, 0.05) is 32.7 Å². The van der Waals surface area contributed by atoms with Gasteiger partial charge in [-0.3, -0.25) is 0 Å². The van der Waals surface area contributed by atoms with Gasteiger partial charge >= 0.3 is 0 Å². The zero-order valence-electron chi connectivity index (χ0n) is 26.9. The third kappa shape index (κ3) is 4.52. The summed E-state index contributed by atoms with van der Waals surface area (Å²) in [5.41, 5.74) is 9.79. The quantitative estimate of drug-likeness (QED) is 0.188. The Bertz CT molecular complexity index is 2800. The van der Waals surface area contributed by atoms with Crippen LogP contribution in [0.2, 0.25) is 0 Å². The standard InChI is InChI=1S/C45H28N4O/c1-4-14-29(15-5-1)32-24-25-34-33-20-10-12-22-36(33)49(38(34)28-32)37-26-27-40-41(35-21-11-13-23-39(35)50-40)42(37)45-47-43(30-16-6-2-7-17-30)46-44(48-45)31-18-8-3-9-19-31/h1-28H. The minimum Gasteiger partial charge on any atom is -0.456 e. The molecule has 0 aliphatic heterocycles. The van der Waals surface area contributed by atoms with Gasteiger partial charge in [-0.05, 0) is 41.5 Å². The first-order chi connectivity index (χ1) is 24.8. The Balaban J connectivity index is 1.35. The first-order valence-electron chi connectivity index (χ1n) is 16.7. The SMILES string of the molecule is c1ccc(-c2ccc3c4ccccc4n(-c4ccc5oc6ccccc6c5c4-c4nc(-c5ccccc5)nc(-c5ccccc5)n4)c3c2)cc1. The third-order valence-electron chi connectivity index (χ3n) is 9.47. The highest BCUT2D eigenvalue weighted by Gasteiger charge is 2.24. The minimum atomic E-state index is 0.579. The van der Waals surface area contributed by atoms with E-state index in [4.69, 9.17) is 19.4 Å². The second-order valence-corrected chi connectivity index (χ2v) is 12.4. The number of aromatic nitrogens is 4. The van der Waals surface area contributed by atoms with E-state index >= 15 is 0 Å². The molecule has 234 valence electrons. The van der Waals surface area contributed by atoms with Crippen LogP contribution in [-0.4, -0.2) is 19.5 Å². The molecule has 10 aromatic rings. The molecule has 0 saturated heterocycles. The van der Waals surface area contributed by atoms with Crippen molar-refractivity contribution >= 4 is 43.7 Å². The molecule has 0 N–H and O–H groups in total. The average molecular weight is 641 g/mol. The molecule has 0 saturated carbocycles. The highest BCUT2D eigenvalue weighted by atomic mass is 16.3. The number of hydrogen-bond acceptors (Lipinski definition) is 4. The van der Waals surface area contributed by atoms with Gasteiger partial charge in [0.15, 0.2) is 17.5 Å². The van der Waals surface area contributed by atoms with Gasteiger partial charge in [-0.25, -0.2) is 15.0 Å². The maximum absolute atomic E-state index is 6.49. The average Bonchev–Trinajstić information content (AvgIpc) is 3.74. The van der Waals surface area contributed by atoms with Crippen LogP contribution in [0.3, 0.4) is 0 Å². The van der Waals surface area contributed by atoms with Crippen LogP contribution in [0, 0.1) is 0 Å². The third-order valence-corrected chi connectivity index (χ3v) is 9.47. The Morgan fingerprint density at radius 3 is 1.64 bits per heavy atom. The first kappa shape index (κ1) is 28.2. The molecule has 0 fully saturated rings. The molecule has 5 heteroatoms. The van der Waals surface area contributed by atoms with E-state index in [1.165, 1.54) is 16.3 Å². The van der Waals surface area contributed by atoms with E-state index in [9.17, 15) is 0 Å². The van der Waals surface area contributed by atoms with Crippen LogP contribution < -0.4 is 0 Å².